The minimum absolute atomic E-state index is 0. The van der Waals surface area contributed by atoms with Crippen molar-refractivity contribution in [3.8, 4) is 0 Å². The first kappa shape index (κ1) is 17.1. The Hall–Kier alpha value is 1.14. The van der Waals surface area contributed by atoms with Crippen molar-refractivity contribution in [3.05, 3.63) is 29.8 Å². The minimum atomic E-state index is 0. The van der Waals surface area contributed by atoms with Gasteiger partial charge in [-0.15, -0.1) is 12.6 Å². The van der Waals surface area contributed by atoms with Crippen molar-refractivity contribution in [2.75, 3.05) is 0 Å². The summed E-state index contributed by atoms with van der Waals surface area (Å²) in [6.45, 7) is 2.26. The first-order chi connectivity index (χ1) is 7.34. The van der Waals surface area contributed by atoms with Crippen LogP contribution in [-0.4, -0.2) is 48.9 Å². The number of aryl methyl sites for hydroxylation is 1. The van der Waals surface area contributed by atoms with Crippen LogP contribution in [0.15, 0.2) is 29.2 Å². The first-order valence-electron chi connectivity index (χ1n) is 6.11. The van der Waals surface area contributed by atoms with Crippen LogP contribution in [-0.2, 0) is 6.42 Å². The number of benzene rings is 1. The van der Waals surface area contributed by atoms with Gasteiger partial charge in [0.05, 0.1) is 0 Å². The van der Waals surface area contributed by atoms with Crippen LogP contribution in [0.1, 0.15) is 53.9 Å². The molecule has 0 nitrogen and oxygen atoms in total. The molecule has 0 aliphatic rings. The fraction of sp³-hybridized carbons (Fsp3) is 0.571. The number of rotatable bonds is 7. The molecule has 0 bridgehead atoms. The van der Waals surface area contributed by atoms with Gasteiger partial charge in [0.25, 0.3) is 0 Å². The van der Waals surface area contributed by atoms with E-state index in [9.17, 15) is 0 Å². The molecule has 1 aromatic carbocycles. The van der Waals surface area contributed by atoms with E-state index in [0.29, 0.717) is 0 Å². The van der Waals surface area contributed by atoms with Gasteiger partial charge in [-0.25, -0.2) is 0 Å². The second-order valence-corrected chi connectivity index (χ2v) is 4.63. The molecular weight excluding hydrogens is 338 g/mol. The van der Waals surface area contributed by atoms with Crippen LogP contribution in [0.25, 0.3) is 0 Å². The van der Waals surface area contributed by atoms with Gasteiger partial charge in [-0.05, 0) is 24.5 Å². The van der Waals surface area contributed by atoms with Crippen molar-refractivity contribution in [2.45, 2.75) is 56.8 Å². The molecule has 0 amide bonds. The Balaban J connectivity index is -0.000000750. The number of thiol groups is 1. The molecule has 0 aliphatic carbocycles. The molecule has 2 heteroatoms. The van der Waals surface area contributed by atoms with Gasteiger partial charge in [-0.2, -0.15) is 0 Å². The smallest absolute Gasteiger partial charge is 1.00 e. The number of hydrogen-bond donors (Lipinski definition) is 1. The maximum Gasteiger partial charge on any atom is 2.00 e. The van der Waals surface area contributed by atoms with Crippen LogP contribution in [0.2, 0.25) is 0 Å². The monoisotopic (exact) mass is 362 g/mol. The van der Waals surface area contributed by atoms with E-state index in [-0.39, 0.29) is 51.7 Å². The van der Waals surface area contributed by atoms with Gasteiger partial charge in [-0.1, -0.05) is 57.2 Å². The van der Waals surface area contributed by atoms with Gasteiger partial charge < -0.3 is 2.85 Å². The molecule has 0 saturated carbocycles. The van der Waals surface area contributed by atoms with E-state index in [1.807, 2.05) is 6.07 Å². The molecule has 1 aromatic rings. The van der Waals surface area contributed by atoms with Gasteiger partial charge in [-0.3, -0.25) is 0 Å². The molecule has 0 spiro atoms. The maximum absolute atomic E-state index is 4.46. The Morgan fingerprint density at radius 3 is 2.31 bits per heavy atom. The molecular formula is C14H24BaS. The van der Waals surface area contributed by atoms with E-state index < -0.39 is 0 Å². The molecule has 0 N–H and O–H groups in total. The first-order valence-corrected chi connectivity index (χ1v) is 6.56. The molecule has 0 saturated heterocycles. The van der Waals surface area contributed by atoms with Crippen LogP contribution in [0.4, 0.5) is 0 Å². The largest absolute Gasteiger partial charge is 2.00 e. The summed E-state index contributed by atoms with van der Waals surface area (Å²) < 4.78 is 0. The van der Waals surface area contributed by atoms with E-state index >= 15 is 0 Å². The Kier molecular flexibility index (Phi) is 12.0. The molecule has 0 atom stereocenters. The third kappa shape index (κ3) is 7.46. The summed E-state index contributed by atoms with van der Waals surface area (Å²) >= 11 is 4.46. The fourth-order valence-electron chi connectivity index (χ4n) is 1.82. The maximum atomic E-state index is 4.46. The van der Waals surface area contributed by atoms with E-state index in [4.69, 9.17) is 0 Å². The van der Waals surface area contributed by atoms with Gasteiger partial charge in [0.2, 0.25) is 0 Å². The Bertz CT molecular complexity index is 282. The average molecular weight is 362 g/mol. The third-order valence-corrected chi connectivity index (χ3v) is 3.23. The van der Waals surface area contributed by atoms with Crippen LogP contribution in [0.3, 0.4) is 0 Å². The van der Waals surface area contributed by atoms with Crippen molar-refractivity contribution in [1.82, 2.24) is 0 Å². The summed E-state index contributed by atoms with van der Waals surface area (Å²) in [6, 6.07) is 8.42. The predicted octanol–water partition coefficient (Wildman–Crippen LogP) is 4.72. The van der Waals surface area contributed by atoms with Crippen molar-refractivity contribution in [2.24, 2.45) is 0 Å². The summed E-state index contributed by atoms with van der Waals surface area (Å²) in [5.41, 5.74) is 1.40. The molecule has 1 rings (SSSR count). The molecule has 0 aliphatic heterocycles. The summed E-state index contributed by atoms with van der Waals surface area (Å²) in [6.07, 6.45) is 9.37. The SMILES string of the molecule is CCCCCCCCc1ccccc1S.[Ba+2].[H-].[H-]. The van der Waals surface area contributed by atoms with Crippen LogP contribution in [0.5, 0.6) is 0 Å². The summed E-state index contributed by atoms with van der Waals surface area (Å²) in [5.74, 6) is 0. The Labute approximate surface area is 149 Å². The summed E-state index contributed by atoms with van der Waals surface area (Å²) in [5, 5.41) is 0. The van der Waals surface area contributed by atoms with Crippen LogP contribution >= 0.6 is 12.6 Å². The van der Waals surface area contributed by atoms with E-state index in [1.165, 1.54) is 50.5 Å². The van der Waals surface area contributed by atoms with Gasteiger partial charge >= 0.3 is 48.9 Å². The summed E-state index contributed by atoms with van der Waals surface area (Å²) in [4.78, 5) is 1.14. The third-order valence-electron chi connectivity index (χ3n) is 2.79. The van der Waals surface area contributed by atoms with E-state index in [0.717, 1.165) is 4.90 Å². The molecule has 0 heterocycles. The van der Waals surface area contributed by atoms with Crippen molar-refractivity contribution < 1.29 is 2.85 Å². The molecule has 0 unspecified atom stereocenters. The number of hydrogen-bond acceptors (Lipinski definition) is 1. The van der Waals surface area contributed by atoms with Crippen LogP contribution in [0, 0.1) is 0 Å². The van der Waals surface area contributed by atoms with Crippen molar-refractivity contribution in [3.63, 3.8) is 0 Å². The summed E-state index contributed by atoms with van der Waals surface area (Å²) in [7, 11) is 0. The average Bonchev–Trinajstić information content (AvgIpc) is 2.25. The minimum Gasteiger partial charge on any atom is -1.00 e. The second kappa shape index (κ2) is 11.2. The Morgan fingerprint density at radius 1 is 1.00 bits per heavy atom. The van der Waals surface area contributed by atoms with Gasteiger partial charge in [0.1, 0.15) is 0 Å². The molecule has 16 heavy (non-hydrogen) atoms. The number of unbranched alkanes of at least 4 members (excludes halogenated alkanes) is 5. The van der Waals surface area contributed by atoms with Crippen molar-refractivity contribution in [1.29, 1.82) is 0 Å². The van der Waals surface area contributed by atoms with Gasteiger partial charge in [0.15, 0.2) is 0 Å². The van der Waals surface area contributed by atoms with Crippen LogP contribution < -0.4 is 0 Å². The quantitative estimate of drug-likeness (QED) is 0.405. The Morgan fingerprint density at radius 2 is 1.62 bits per heavy atom. The zero-order chi connectivity index (χ0) is 10.9. The standard InChI is InChI=1S/C14H22S.Ba.2H/c1-2-3-4-5-6-7-10-13-11-8-9-12-14(13)15;;;/h8-9,11-12,15H,2-7,10H2,1H3;;;/q;+2;2*-1. The second-order valence-electron chi connectivity index (χ2n) is 4.15. The van der Waals surface area contributed by atoms with Crippen molar-refractivity contribution >= 4 is 61.5 Å². The molecule has 88 valence electrons. The topological polar surface area (TPSA) is 0 Å². The molecule has 0 aromatic heterocycles. The van der Waals surface area contributed by atoms with E-state index in [2.05, 4.69) is 37.8 Å². The molecule has 0 radical (unpaired) electrons. The zero-order valence-corrected chi connectivity index (χ0v) is 15.7. The fourth-order valence-corrected chi connectivity index (χ4v) is 2.09. The normalized spacial score (nSPS) is 9.88. The molecule has 0 fully saturated rings. The zero-order valence-electron chi connectivity index (χ0n) is 12.4. The predicted molar refractivity (Wildman–Crippen MR) is 78.8 cm³/mol. The van der Waals surface area contributed by atoms with Gasteiger partial charge in [0, 0.05) is 4.90 Å². The van der Waals surface area contributed by atoms with E-state index in [1.54, 1.807) is 0 Å².